The number of carbonyl (C=O) groups excluding carboxylic acids is 1. The van der Waals surface area contributed by atoms with Gasteiger partial charge in [0.1, 0.15) is 6.04 Å². The summed E-state index contributed by atoms with van der Waals surface area (Å²) in [6.45, 7) is 1.58. The van der Waals surface area contributed by atoms with Gasteiger partial charge in [-0.1, -0.05) is 12.1 Å². The van der Waals surface area contributed by atoms with Gasteiger partial charge in [0.25, 0.3) is 5.91 Å². The molecule has 1 heterocycles. The molecule has 0 fully saturated rings. The largest absolute Gasteiger partial charge is 0.418 e. The fraction of sp³-hybridized carbons (Fsp3) is 0.231. The Labute approximate surface area is 118 Å². The van der Waals surface area contributed by atoms with E-state index in [2.05, 4.69) is 16.0 Å². The third-order valence-corrected chi connectivity index (χ3v) is 2.85. The van der Waals surface area contributed by atoms with Crippen molar-refractivity contribution in [2.24, 2.45) is 0 Å². The third kappa shape index (κ3) is 3.53. The predicted octanol–water partition coefficient (Wildman–Crippen LogP) is 2.61. The van der Waals surface area contributed by atoms with Gasteiger partial charge < -0.3 is 0 Å². The van der Waals surface area contributed by atoms with Crippen LogP contribution in [0.1, 0.15) is 18.5 Å². The van der Waals surface area contributed by atoms with E-state index >= 15 is 0 Å². The van der Waals surface area contributed by atoms with Crippen LogP contribution in [0.25, 0.3) is 0 Å². The van der Waals surface area contributed by atoms with Gasteiger partial charge in [0.05, 0.1) is 11.3 Å². The van der Waals surface area contributed by atoms with Crippen LogP contribution in [-0.2, 0) is 11.0 Å². The molecule has 2 rings (SSSR count). The van der Waals surface area contributed by atoms with E-state index < -0.39 is 23.7 Å². The second kappa shape index (κ2) is 5.86. The van der Waals surface area contributed by atoms with Crippen LogP contribution in [0.3, 0.4) is 0 Å². The summed E-state index contributed by atoms with van der Waals surface area (Å²) in [5.41, 5.74) is 3.48. The second-order valence-corrected chi connectivity index (χ2v) is 4.32. The number of rotatable bonds is 4. The Morgan fingerprint density at radius 3 is 2.62 bits per heavy atom. The molecule has 0 saturated heterocycles. The number of halogens is 3. The van der Waals surface area contributed by atoms with E-state index in [4.69, 9.17) is 0 Å². The van der Waals surface area contributed by atoms with Crippen molar-refractivity contribution in [2.45, 2.75) is 19.1 Å². The quantitative estimate of drug-likeness (QED) is 0.853. The molecule has 5 nitrogen and oxygen atoms in total. The number of amides is 1. The number of hydrogen-bond acceptors (Lipinski definition) is 3. The normalized spacial score (nSPS) is 12.8. The number of benzene rings is 1. The molecule has 0 aliphatic rings. The lowest BCUT2D eigenvalue weighted by Crippen LogP contribution is -2.36. The van der Waals surface area contributed by atoms with Gasteiger partial charge in [0.15, 0.2) is 0 Å². The van der Waals surface area contributed by atoms with Crippen molar-refractivity contribution in [3.8, 4) is 0 Å². The Balaban J connectivity index is 2.05. The number of hydrogen-bond donors (Lipinski definition) is 2. The van der Waals surface area contributed by atoms with Crippen molar-refractivity contribution in [3.05, 3.63) is 48.3 Å². The molecule has 1 aromatic carbocycles. The lowest BCUT2D eigenvalue weighted by molar-refractivity contribution is -0.137. The molecule has 112 valence electrons. The van der Waals surface area contributed by atoms with Gasteiger partial charge in [-0.15, -0.1) is 0 Å². The van der Waals surface area contributed by atoms with Gasteiger partial charge in [0.2, 0.25) is 0 Å². The third-order valence-electron chi connectivity index (χ3n) is 2.85. The SMILES string of the molecule is CC(C(=O)NNc1ccccc1C(F)(F)F)n1cccn1. The van der Waals surface area contributed by atoms with Gasteiger partial charge in [0, 0.05) is 12.4 Å². The molecule has 0 saturated carbocycles. The van der Waals surface area contributed by atoms with Crippen LogP contribution in [0, 0.1) is 0 Å². The summed E-state index contributed by atoms with van der Waals surface area (Å²) in [6, 6.07) is 5.90. The van der Waals surface area contributed by atoms with Crippen molar-refractivity contribution in [1.82, 2.24) is 15.2 Å². The maximum absolute atomic E-state index is 12.8. The number of anilines is 1. The van der Waals surface area contributed by atoms with Crippen molar-refractivity contribution < 1.29 is 18.0 Å². The van der Waals surface area contributed by atoms with Gasteiger partial charge in [-0.3, -0.25) is 20.3 Å². The average molecular weight is 298 g/mol. The standard InChI is InChI=1S/C13H13F3N4O/c1-9(20-8-4-7-17-20)12(21)19-18-11-6-3-2-5-10(11)13(14,15)16/h2-9,18H,1H3,(H,19,21). The minimum Gasteiger partial charge on any atom is -0.298 e. The topological polar surface area (TPSA) is 59.0 Å². The summed E-state index contributed by atoms with van der Waals surface area (Å²) >= 11 is 0. The Morgan fingerprint density at radius 1 is 1.29 bits per heavy atom. The number of carbonyl (C=O) groups is 1. The fourth-order valence-corrected chi connectivity index (χ4v) is 1.70. The number of nitrogens with zero attached hydrogens (tertiary/aromatic N) is 2. The zero-order chi connectivity index (χ0) is 15.5. The molecule has 0 aliphatic heterocycles. The summed E-state index contributed by atoms with van der Waals surface area (Å²) in [6.07, 6.45) is -1.40. The number of para-hydroxylation sites is 1. The molecule has 21 heavy (non-hydrogen) atoms. The zero-order valence-electron chi connectivity index (χ0n) is 11.1. The van der Waals surface area contributed by atoms with Crippen LogP contribution in [0.4, 0.5) is 18.9 Å². The van der Waals surface area contributed by atoms with Crippen molar-refractivity contribution in [1.29, 1.82) is 0 Å². The summed E-state index contributed by atoms with van der Waals surface area (Å²) in [5.74, 6) is -0.504. The summed E-state index contributed by atoms with van der Waals surface area (Å²) in [4.78, 5) is 11.9. The fourth-order valence-electron chi connectivity index (χ4n) is 1.70. The number of alkyl halides is 3. The van der Waals surface area contributed by atoms with E-state index in [1.807, 2.05) is 0 Å². The van der Waals surface area contributed by atoms with E-state index in [-0.39, 0.29) is 5.69 Å². The molecule has 0 spiro atoms. The highest BCUT2D eigenvalue weighted by Gasteiger charge is 2.33. The zero-order valence-corrected chi connectivity index (χ0v) is 11.1. The lowest BCUT2D eigenvalue weighted by atomic mass is 10.2. The minimum atomic E-state index is -4.50. The van der Waals surface area contributed by atoms with Gasteiger partial charge in [-0.25, -0.2) is 0 Å². The van der Waals surface area contributed by atoms with Gasteiger partial charge >= 0.3 is 6.18 Å². The molecule has 1 atom stereocenters. The molecule has 0 aliphatic carbocycles. The minimum absolute atomic E-state index is 0.217. The summed E-state index contributed by atoms with van der Waals surface area (Å²) in [5, 5.41) is 3.90. The van der Waals surface area contributed by atoms with Gasteiger partial charge in [-0.05, 0) is 25.1 Å². The molecule has 1 unspecified atom stereocenters. The first-order valence-corrected chi connectivity index (χ1v) is 6.11. The molecule has 1 amide bonds. The van der Waals surface area contributed by atoms with Crippen LogP contribution in [0.15, 0.2) is 42.7 Å². The van der Waals surface area contributed by atoms with E-state index in [1.54, 1.807) is 19.2 Å². The van der Waals surface area contributed by atoms with Crippen LogP contribution in [0.2, 0.25) is 0 Å². The first kappa shape index (κ1) is 14.9. The van der Waals surface area contributed by atoms with Crippen molar-refractivity contribution in [2.75, 3.05) is 5.43 Å². The highest BCUT2D eigenvalue weighted by molar-refractivity contribution is 5.81. The Hall–Kier alpha value is -2.51. The first-order valence-electron chi connectivity index (χ1n) is 6.11. The average Bonchev–Trinajstić information content (AvgIpc) is 2.97. The van der Waals surface area contributed by atoms with Crippen LogP contribution < -0.4 is 10.9 Å². The first-order chi connectivity index (χ1) is 9.89. The Kier molecular flexibility index (Phi) is 4.15. The van der Waals surface area contributed by atoms with Crippen molar-refractivity contribution >= 4 is 11.6 Å². The van der Waals surface area contributed by atoms with Crippen LogP contribution >= 0.6 is 0 Å². The molecule has 1 aromatic heterocycles. The number of aromatic nitrogens is 2. The van der Waals surface area contributed by atoms with Gasteiger partial charge in [-0.2, -0.15) is 18.3 Å². The highest BCUT2D eigenvalue weighted by Crippen LogP contribution is 2.34. The van der Waals surface area contributed by atoms with E-state index in [9.17, 15) is 18.0 Å². The van der Waals surface area contributed by atoms with E-state index in [0.717, 1.165) is 6.07 Å². The molecule has 2 N–H and O–H groups in total. The monoisotopic (exact) mass is 298 g/mol. The Morgan fingerprint density at radius 2 is 2.00 bits per heavy atom. The van der Waals surface area contributed by atoms with E-state index in [1.165, 1.54) is 29.1 Å². The maximum Gasteiger partial charge on any atom is 0.418 e. The van der Waals surface area contributed by atoms with Crippen LogP contribution in [-0.4, -0.2) is 15.7 Å². The second-order valence-electron chi connectivity index (χ2n) is 4.32. The number of nitrogens with one attached hydrogen (secondary N) is 2. The molecular formula is C13H13F3N4O. The summed E-state index contributed by atoms with van der Waals surface area (Å²) < 4.78 is 39.8. The predicted molar refractivity (Wildman–Crippen MR) is 70.1 cm³/mol. The van der Waals surface area contributed by atoms with Crippen LogP contribution in [0.5, 0.6) is 0 Å². The molecule has 8 heteroatoms. The summed E-state index contributed by atoms with van der Waals surface area (Å²) in [7, 11) is 0. The Bertz CT molecular complexity index is 610. The molecule has 0 radical (unpaired) electrons. The smallest absolute Gasteiger partial charge is 0.298 e. The maximum atomic E-state index is 12.8. The molecule has 2 aromatic rings. The van der Waals surface area contributed by atoms with Crippen molar-refractivity contribution in [3.63, 3.8) is 0 Å². The van der Waals surface area contributed by atoms with E-state index in [0.29, 0.717) is 0 Å². The number of hydrazine groups is 1. The lowest BCUT2D eigenvalue weighted by Gasteiger charge is -2.17. The molecular weight excluding hydrogens is 285 g/mol. The molecule has 0 bridgehead atoms. The highest BCUT2D eigenvalue weighted by atomic mass is 19.4.